The first-order valence-corrected chi connectivity index (χ1v) is 8.03. The molecular formula is C17H29N3. The van der Waals surface area contributed by atoms with Gasteiger partial charge in [-0.2, -0.15) is 0 Å². The highest BCUT2D eigenvalue weighted by Crippen LogP contribution is 2.39. The van der Waals surface area contributed by atoms with E-state index in [4.69, 9.17) is 0 Å². The van der Waals surface area contributed by atoms with E-state index in [1.807, 2.05) is 19.3 Å². The average Bonchev–Trinajstić information content (AvgIpc) is 2.54. The second kappa shape index (κ2) is 6.57. The van der Waals surface area contributed by atoms with E-state index in [0.29, 0.717) is 11.5 Å². The van der Waals surface area contributed by atoms with Crippen LogP contribution in [0.25, 0.3) is 0 Å². The van der Waals surface area contributed by atoms with Crippen molar-refractivity contribution in [2.75, 3.05) is 25.0 Å². The molecule has 1 aromatic rings. The highest BCUT2D eigenvalue weighted by Gasteiger charge is 2.32. The smallest absolute Gasteiger partial charge is 0.133 e. The monoisotopic (exact) mass is 275 g/mol. The van der Waals surface area contributed by atoms with Gasteiger partial charge in [-0.15, -0.1) is 0 Å². The van der Waals surface area contributed by atoms with Crippen LogP contribution in [-0.4, -0.2) is 25.1 Å². The van der Waals surface area contributed by atoms with Crippen molar-refractivity contribution < 1.29 is 0 Å². The summed E-state index contributed by atoms with van der Waals surface area (Å²) in [6.45, 7) is 9.17. The summed E-state index contributed by atoms with van der Waals surface area (Å²) in [5.74, 6) is 1.18. The number of rotatable bonds is 5. The van der Waals surface area contributed by atoms with Gasteiger partial charge in [0, 0.05) is 30.9 Å². The fourth-order valence-electron chi connectivity index (χ4n) is 3.32. The molecule has 0 spiro atoms. The molecular weight excluding hydrogens is 246 g/mol. The molecule has 1 fully saturated rings. The van der Waals surface area contributed by atoms with Gasteiger partial charge in [-0.1, -0.05) is 32.8 Å². The number of hydrogen-bond acceptors (Lipinski definition) is 3. The summed E-state index contributed by atoms with van der Waals surface area (Å²) in [7, 11) is 2.01. The zero-order valence-electron chi connectivity index (χ0n) is 13.4. The highest BCUT2D eigenvalue weighted by molar-refractivity contribution is 5.48. The predicted octanol–water partition coefficient (Wildman–Crippen LogP) is 3.77. The van der Waals surface area contributed by atoms with Crippen molar-refractivity contribution in [1.82, 2.24) is 10.3 Å². The van der Waals surface area contributed by atoms with E-state index < -0.39 is 0 Å². The maximum absolute atomic E-state index is 4.66. The summed E-state index contributed by atoms with van der Waals surface area (Å²) in [5, 5.41) is 3.33. The van der Waals surface area contributed by atoms with E-state index in [9.17, 15) is 0 Å². The minimum absolute atomic E-state index is 0.350. The van der Waals surface area contributed by atoms with Gasteiger partial charge in [0.15, 0.2) is 0 Å². The standard InChI is InChI=1S/C17H29N3/c1-5-17(6-2)9-12-20(13-10-17)16-15(14(3)18-4)8-7-11-19-16/h7-8,11,14,18H,5-6,9-10,12-13H2,1-4H3. The Bertz CT molecular complexity index is 416. The van der Waals surface area contributed by atoms with Crippen LogP contribution in [0.4, 0.5) is 5.82 Å². The van der Waals surface area contributed by atoms with Crippen LogP contribution in [0.3, 0.4) is 0 Å². The van der Waals surface area contributed by atoms with E-state index in [2.05, 4.69) is 42.0 Å². The Kier molecular flexibility index (Phi) is 5.03. The largest absolute Gasteiger partial charge is 0.356 e. The number of anilines is 1. The van der Waals surface area contributed by atoms with Gasteiger partial charge in [-0.3, -0.25) is 0 Å². The maximum Gasteiger partial charge on any atom is 0.133 e. The molecule has 0 radical (unpaired) electrons. The molecule has 0 bridgehead atoms. The normalized spacial score (nSPS) is 19.9. The molecule has 1 aromatic heterocycles. The molecule has 3 nitrogen and oxygen atoms in total. The zero-order valence-corrected chi connectivity index (χ0v) is 13.4. The Morgan fingerprint density at radius 3 is 2.50 bits per heavy atom. The SMILES string of the molecule is CCC1(CC)CCN(c2ncccc2C(C)NC)CC1. The maximum atomic E-state index is 4.66. The number of nitrogens with zero attached hydrogens (tertiary/aromatic N) is 2. The Morgan fingerprint density at radius 2 is 1.95 bits per heavy atom. The molecule has 3 heteroatoms. The van der Waals surface area contributed by atoms with Gasteiger partial charge < -0.3 is 10.2 Å². The number of piperidine rings is 1. The van der Waals surface area contributed by atoms with E-state index in [1.165, 1.54) is 37.1 Å². The van der Waals surface area contributed by atoms with Crippen LogP contribution >= 0.6 is 0 Å². The number of aromatic nitrogens is 1. The van der Waals surface area contributed by atoms with E-state index in [1.54, 1.807) is 0 Å². The summed E-state index contributed by atoms with van der Waals surface area (Å²) in [6, 6.07) is 4.59. The molecule has 2 rings (SSSR count). The van der Waals surface area contributed by atoms with Crippen LogP contribution in [0.2, 0.25) is 0 Å². The average molecular weight is 275 g/mol. The van der Waals surface area contributed by atoms with Gasteiger partial charge >= 0.3 is 0 Å². The minimum atomic E-state index is 0.350. The van der Waals surface area contributed by atoms with Crippen LogP contribution < -0.4 is 10.2 Å². The lowest BCUT2D eigenvalue weighted by Crippen LogP contribution is -2.40. The van der Waals surface area contributed by atoms with E-state index in [0.717, 1.165) is 13.1 Å². The molecule has 2 heterocycles. The molecule has 1 atom stereocenters. The topological polar surface area (TPSA) is 28.2 Å². The molecule has 20 heavy (non-hydrogen) atoms. The molecule has 1 aliphatic heterocycles. The summed E-state index contributed by atoms with van der Waals surface area (Å²) >= 11 is 0. The summed E-state index contributed by atoms with van der Waals surface area (Å²) in [5.41, 5.74) is 1.88. The van der Waals surface area contributed by atoms with Crippen molar-refractivity contribution in [3.05, 3.63) is 23.9 Å². The number of pyridine rings is 1. The highest BCUT2D eigenvalue weighted by atomic mass is 15.2. The first-order valence-electron chi connectivity index (χ1n) is 8.03. The van der Waals surface area contributed by atoms with Crippen molar-refractivity contribution in [3.8, 4) is 0 Å². The molecule has 0 amide bonds. The van der Waals surface area contributed by atoms with Gasteiger partial charge in [0.2, 0.25) is 0 Å². The summed E-state index contributed by atoms with van der Waals surface area (Å²) < 4.78 is 0. The third kappa shape index (κ3) is 2.98. The Morgan fingerprint density at radius 1 is 1.30 bits per heavy atom. The first-order chi connectivity index (χ1) is 9.65. The zero-order chi connectivity index (χ0) is 14.6. The predicted molar refractivity (Wildman–Crippen MR) is 86.2 cm³/mol. The summed E-state index contributed by atoms with van der Waals surface area (Å²) in [6.07, 6.45) is 7.12. The van der Waals surface area contributed by atoms with Crippen molar-refractivity contribution >= 4 is 5.82 Å². The van der Waals surface area contributed by atoms with Crippen LogP contribution in [0, 0.1) is 5.41 Å². The third-order valence-corrected chi connectivity index (χ3v) is 5.34. The van der Waals surface area contributed by atoms with Crippen LogP contribution in [0.15, 0.2) is 18.3 Å². The molecule has 1 saturated heterocycles. The quantitative estimate of drug-likeness (QED) is 0.886. The van der Waals surface area contributed by atoms with Crippen molar-refractivity contribution in [2.24, 2.45) is 5.41 Å². The number of nitrogens with one attached hydrogen (secondary N) is 1. The molecule has 112 valence electrons. The van der Waals surface area contributed by atoms with Crippen molar-refractivity contribution in [1.29, 1.82) is 0 Å². The Labute approximate surface area is 123 Å². The molecule has 0 aromatic carbocycles. The molecule has 0 saturated carbocycles. The van der Waals surface area contributed by atoms with Crippen LogP contribution in [0.5, 0.6) is 0 Å². The van der Waals surface area contributed by atoms with Crippen LogP contribution in [0.1, 0.15) is 58.1 Å². The fraction of sp³-hybridized carbons (Fsp3) is 0.706. The minimum Gasteiger partial charge on any atom is -0.356 e. The number of hydrogen-bond donors (Lipinski definition) is 1. The molecule has 1 aliphatic rings. The van der Waals surface area contributed by atoms with Gasteiger partial charge in [-0.05, 0) is 38.3 Å². The third-order valence-electron chi connectivity index (χ3n) is 5.34. The van der Waals surface area contributed by atoms with Gasteiger partial charge in [0.1, 0.15) is 5.82 Å². The lowest BCUT2D eigenvalue weighted by molar-refractivity contribution is 0.199. The summed E-state index contributed by atoms with van der Waals surface area (Å²) in [4.78, 5) is 7.14. The first kappa shape index (κ1) is 15.3. The van der Waals surface area contributed by atoms with Crippen molar-refractivity contribution in [2.45, 2.75) is 52.5 Å². The van der Waals surface area contributed by atoms with E-state index in [-0.39, 0.29) is 0 Å². The Hall–Kier alpha value is -1.09. The van der Waals surface area contributed by atoms with Crippen molar-refractivity contribution in [3.63, 3.8) is 0 Å². The second-order valence-electron chi connectivity index (χ2n) is 6.12. The lowest BCUT2D eigenvalue weighted by Gasteiger charge is -2.42. The fourth-order valence-corrected chi connectivity index (χ4v) is 3.32. The molecule has 0 aliphatic carbocycles. The van der Waals surface area contributed by atoms with Crippen LogP contribution in [-0.2, 0) is 0 Å². The van der Waals surface area contributed by atoms with E-state index >= 15 is 0 Å². The lowest BCUT2D eigenvalue weighted by atomic mass is 9.74. The van der Waals surface area contributed by atoms with Gasteiger partial charge in [0.25, 0.3) is 0 Å². The molecule has 1 N–H and O–H groups in total. The van der Waals surface area contributed by atoms with Gasteiger partial charge in [0.05, 0.1) is 0 Å². The van der Waals surface area contributed by atoms with Gasteiger partial charge in [-0.25, -0.2) is 4.98 Å². The molecule has 1 unspecified atom stereocenters. The Balaban J connectivity index is 2.15. The second-order valence-corrected chi connectivity index (χ2v) is 6.12.